The van der Waals surface area contributed by atoms with E-state index in [1.54, 1.807) is 0 Å². The van der Waals surface area contributed by atoms with Crippen LogP contribution in [0.2, 0.25) is 0 Å². The lowest BCUT2D eigenvalue weighted by Crippen LogP contribution is -2.38. The molecule has 0 aliphatic carbocycles. The summed E-state index contributed by atoms with van der Waals surface area (Å²) in [4.78, 5) is 11.1. The molecule has 0 radical (unpaired) electrons. The number of hydrogen-bond acceptors (Lipinski definition) is 2. The van der Waals surface area contributed by atoms with E-state index in [4.69, 9.17) is 0 Å². The third kappa shape index (κ3) is 7.78. The van der Waals surface area contributed by atoms with E-state index in [0.717, 1.165) is 13.0 Å². The Hall–Kier alpha value is -0.570. The maximum atomic E-state index is 11.1. The summed E-state index contributed by atoms with van der Waals surface area (Å²) in [6.07, 6.45) is 1.15. The van der Waals surface area contributed by atoms with E-state index in [1.807, 2.05) is 13.8 Å². The van der Waals surface area contributed by atoms with Gasteiger partial charge in [-0.3, -0.25) is 4.79 Å². The summed E-state index contributed by atoms with van der Waals surface area (Å²) >= 11 is 0. The van der Waals surface area contributed by atoms with Crippen molar-refractivity contribution in [3.63, 3.8) is 0 Å². The molecular weight excluding hydrogens is 164 g/mol. The van der Waals surface area contributed by atoms with Gasteiger partial charge in [-0.25, -0.2) is 0 Å². The molecule has 0 fully saturated rings. The first-order chi connectivity index (χ1) is 6.06. The largest absolute Gasteiger partial charge is 0.353 e. The van der Waals surface area contributed by atoms with Crippen molar-refractivity contribution in [2.45, 2.75) is 40.2 Å². The van der Waals surface area contributed by atoms with Gasteiger partial charge in [-0.15, -0.1) is 0 Å². The summed E-state index contributed by atoms with van der Waals surface area (Å²) in [5.41, 5.74) is 0. The first-order valence-corrected chi connectivity index (χ1v) is 5.06. The smallest absolute Gasteiger partial charge is 0.234 e. The fourth-order valence-corrected chi connectivity index (χ4v) is 0.949. The number of carbonyl (C=O) groups excluding carboxylic acids is 1. The molecule has 0 aromatic heterocycles. The number of nitrogens with one attached hydrogen (secondary N) is 2. The van der Waals surface area contributed by atoms with Crippen molar-refractivity contribution >= 4 is 5.91 Å². The van der Waals surface area contributed by atoms with Crippen LogP contribution in [-0.2, 0) is 4.79 Å². The first kappa shape index (κ1) is 12.4. The Labute approximate surface area is 81.3 Å². The molecule has 0 aliphatic heterocycles. The molecule has 0 rings (SSSR count). The van der Waals surface area contributed by atoms with E-state index in [0.29, 0.717) is 12.5 Å². The summed E-state index contributed by atoms with van der Waals surface area (Å²) in [6, 6.07) is 0.234. The van der Waals surface area contributed by atoms with Crippen molar-refractivity contribution < 1.29 is 4.79 Å². The number of amides is 1. The minimum absolute atomic E-state index is 0.0818. The van der Waals surface area contributed by atoms with Gasteiger partial charge in [0.1, 0.15) is 0 Å². The van der Waals surface area contributed by atoms with Crippen molar-refractivity contribution in [1.82, 2.24) is 10.6 Å². The Morgan fingerprint density at radius 2 is 1.92 bits per heavy atom. The maximum Gasteiger partial charge on any atom is 0.234 e. The van der Waals surface area contributed by atoms with Crippen molar-refractivity contribution in [2.24, 2.45) is 5.92 Å². The Morgan fingerprint density at radius 1 is 1.31 bits per heavy atom. The highest BCUT2D eigenvalue weighted by Crippen LogP contribution is 1.96. The molecule has 0 heterocycles. The maximum absolute atomic E-state index is 11.1. The van der Waals surface area contributed by atoms with Crippen LogP contribution in [0.4, 0.5) is 0 Å². The molecule has 2 N–H and O–H groups in total. The van der Waals surface area contributed by atoms with Crippen molar-refractivity contribution in [1.29, 1.82) is 0 Å². The summed E-state index contributed by atoms with van der Waals surface area (Å²) in [6.45, 7) is 9.61. The molecule has 1 amide bonds. The monoisotopic (exact) mass is 186 g/mol. The minimum atomic E-state index is 0.0818. The molecule has 0 saturated carbocycles. The van der Waals surface area contributed by atoms with Crippen LogP contribution in [0.3, 0.4) is 0 Å². The van der Waals surface area contributed by atoms with Crippen LogP contribution in [-0.4, -0.2) is 25.0 Å². The highest BCUT2D eigenvalue weighted by Gasteiger charge is 2.03. The lowest BCUT2D eigenvalue weighted by molar-refractivity contribution is -0.120. The fraction of sp³-hybridized carbons (Fsp3) is 0.900. The molecule has 0 aromatic rings. The second-order valence-corrected chi connectivity index (χ2v) is 3.87. The molecule has 3 heteroatoms. The average Bonchev–Trinajstić information content (AvgIpc) is 2.02. The average molecular weight is 186 g/mol. The Bertz CT molecular complexity index is 146. The first-order valence-electron chi connectivity index (χ1n) is 5.06. The van der Waals surface area contributed by atoms with Gasteiger partial charge in [-0.05, 0) is 26.3 Å². The minimum Gasteiger partial charge on any atom is -0.353 e. The van der Waals surface area contributed by atoms with Crippen molar-refractivity contribution in [3.05, 3.63) is 0 Å². The molecule has 78 valence electrons. The Kier molecular flexibility index (Phi) is 6.59. The summed E-state index contributed by atoms with van der Waals surface area (Å²) < 4.78 is 0. The third-order valence-electron chi connectivity index (χ3n) is 1.92. The molecule has 0 aliphatic rings. The highest BCUT2D eigenvalue weighted by atomic mass is 16.1. The third-order valence-corrected chi connectivity index (χ3v) is 1.92. The molecule has 1 atom stereocenters. The van der Waals surface area contributed by atoms with Crippen LogP contribution in [0, 0.1) is 5.92 Å². The van der Waals surface area contributed by atoms with Gasteiger partial charge in [-0.2, -0.15) is 0 Å². The van der Waals surface area contributed by atoms with Crippen LogP contribution < -0.4 is 10.6 Å². The Balaban J connectivity index is 3.37. The molecule has 0 bridgehead atoms. The summed E-state index contributed by atoms with van der Waals surface area (Å²) in [5.74, 6) is 0.727. The molecule has 0 spiro atoms. The van der Waals surface area contributed by atoms with Gasteiger partial charge in [0.2, 0.25) is 5.91 Å². The Morgan fingerprint density at radius 3 is 2.38 bits per heavy atom. The summed E-state index contributed by atoms with van der Waals surface area (Å²) in [5, 5.41) is 5.96. The van der Waals surface area contributed by atoms with Crippen LogP contribution in [0.1, 0.15) is 34.1 Å². The van der Waals surface area contributed by atoms with E-state index in [1.165, 1.54) is 0 Å². The van der Waals surface area contributed by atoms with Gasteiger partial charge in [0.05, 0.1) is 6.54 Å². The highest BCUT2D eigenvalue weighted by molar-refractivity contribution is 5.78. The van der Waals surface area contributed by atoms with Gasteiger partial charge >= 0.3 is 0 Å². The second-order valence-electron chi connectivity index (χ2n) is 3.87. The van der Waals surface area contributed by atoms with Crippen LogP contribution in [0.15, 0.2) is 0 Å². The van der Waals surface area contributed by atoms with Crippen LogP contribution in [0.25, 0.3) is 0 Å². The standard InChI is InChI=1S/C10H22N2O/c1-5-9(4)6-11-7-10(13)12-8(2)3/h8-9,11H,5-7H2,1-4H3,(H,12,13). The lowest BCUT2D eigenvalue weighted by Gasteiger charge is -2.11. The topological polar surface area (TPSA) is 41.1 Å². The molecule has 13 heavy (non-hydrogen) atoms. The number of carbonyl (C=O) groups is 1. The van der Waals surface area contributed by atoms with Crippen molar-refractivity contribution in [3.8, 4) is 0 Å². The normalized spacial score (nSPS) is 13.0. The van der Waals surface area contributed by atoms with E-state index < -0.39 is 0 Å². The number of hydrogen-bond donors (Lipinski definition) is 2. The van der Waals surface area contributed by atoms with Gasteiger partial charge in [0.15, 0.2) is 0 Å². The van der Waals surface area contributed by atoms with E-state index in [9.17, 15) is 4.79 Å². The quantitative estimate of drug-likeness (QED) is 0.653. The predicted molar refractivity (Wildman–Crippen MR) is 55.6 cm³/mol. The molecule has 1 unspecified atom stereocenters. The lowest BCUT2D eigenvalue weighted by atomic mass is 10.1. The fourth-order valence-electron chi connectivity index (χ4n) is 0.949. The molecular formula is C10H22N2O. The zero-order chi connectivity index (χ0) is 10.3. The van der Waals surface area contributed by atoms with Crippen molar-refractivity contribution in [2.75, 3.05) is 13.1 Å². The van der Waals surface area contributed by atoms with Crippen LogP contribution in [0.5, 0.6) is 0 Å². The van der Waals surface area contributed by atoms with Gasteiger partial charge in [0, 0.05) is 6.04 Å². The summed E-state index contributed by atoms with van der Waals surface area (Å²) in [7, 11) is 0. The zero-order valence-corrected chi connectivity index (χ0v) is 9.18. The van der Waals surface area contributed by atoms with Crippen LogP contribution >= 0.6 is 0 Å². The SMILES string of the molecule is CCC(C)CNCC(=O)NC(C)C. The predicted octanol–water partition coefficient (Wildman–Crippen LogP) is 1.15. The van der Waals surface area contributed by atoms with E-state index in [-0.39, 0.29) is 11.9 Å². The van der Waals surface area contributed by atoms with Gasteiger partial charge < -0.3 is 10.6 Å². The number of rotatable bonds is 6. The molecule has 0 aromatic carbocycles. The molecule has 3 nitrogen and oxygen atoms in total. The van der Waals surface area contributed by atoms with E-state index in [2.05, 4.69) is 24.5 Å². The van der Waals surface area contributed by atoms with Gasteiger partial charge in [-0.1, -0.05) is 20.3 Å². The zero-order valence-electron chi connectivity index (χ0n) is 9.18. The second kappa shape index (κ2) is 6.89. The van der Waals surface area contributed by atoms with Gasteiger partial charge in [0.25, 0.3) is 0 Å². The molecule has 0 saturated heterocycles. The van der Waals surface area contributed by atoms with E-state index >= 15 is 0 Å².